The van der Waals surface area contributed by atoms with Crippen LogP contribution in [0.2, 0.25) is 0 Å². The highest BCUT2D eigenvalue weighted by Crippen LogP contribution is 2.53. The van der Waals surface area contributed by atoms with Crippen LogP contribution in [0.25, 0.3) is 49.5 Å². The van der Waals surface area contributed by atoms with E-state index in [0.717, 1.165) is 5.82 Å². The molecule has 0 saturated carbocycles. The monoisotopic (exact) mass is 410 g/mol. The molecule has 0 amide bonds. The van der Waals surface area contributed by atoms with Crippen LogP contribution >= 0.6 is 0 Å². The fourth-order valence-corrected chi connectivity index (χ4v) is 5.79. The summed E-state index contributed by atoms with van der Waals surface area (Å²) in [5.74, 6) is 0.953. The predicted molar refractivity (Wildman–Crippen MR) is 134 cm³/mol. The van der Waals surface area contributed by atoms with E-state index in [-0.39, 0.29) is 5.41 Å². The third-order valence-corrected chi connectivity index (χ3v) is 7.21. The van der Waals surface area contributed by atoms with Crippen LogP contribution in [-0.2, 0) is 5.41 Å². The quantitative estimate of drug-likeness (QED) is 0.272. The Hall–Kier alpha value is -3.91. The molecule has 0 saturated heterocycles. The topological polar surface area (TPSA) is 17.8 Å². The molecule has 2 aromatic heterocycles. The van der Waals surface area contributed by atoms with Crippen LogP contribution < -0.4 is 0 Å². The van der Waals surface area contributed by atoms with Crippen molar-refractivity contribution < 1.29 is 0 Å². The summed E-state index contributed by atoms with van der Waals surface area (Å²) in [5, 5.41) is 5.22. The Bertz CT molecular complexity index is 1690. The van der Waals surface area contributed by atoms with Crippen molar-refractivity contribution in [2.24, 2.45) is 0 Å². The van der Waals surface area contributed by atoms with Crippen molar-refractivity contribution in [2.75, 3.05) is 0 Å². The Labute approximate surface area is 186 Å². The van der Waals surface area contributed by atoms with Crippen LogP contribution in [0.5, 0.6) is 0 Å². The molecule has 0 radical (unpaired) electrons. The summed E-state index contributed by atoms with van der Waals surface area (Å²) in [4.78, 5) is 4.69. The Morgan fingerprint density at radius 1 is 0.656 bits per heavy atom. The van der Waals surface area contributed by atoms with Gasteiger partial charge in [-0.1, -0.05) is 74.5 Å². The minimum Gasteiger partial charge on any atom is -0.294 e. The van der Waals surface area contributed by atoms with Crippen LogP contribution in [0, 0.1) is 0 Å². The van der Waals surface area contributed by atoms with Gasteiger partial charge in [0.25, 0.3) is 0 Å². The zero-order valence-corrected chi connectivity index (χ0v) is 18.1. The predicted octanol–water partition coefficient (Wildman–Crippen LogP) is 7.64. The SMILES string of the molecule is CC1(C)c2cc3c4ccccc4n(-c4ccccn4)c3cc2-c2ccc3ccccc3c21. The zero-order valence-electron chi connectivity index (χ0n) is 18.1. The third kappa shape index (κ3) is 2.17. The van der Waals surface area contributed by atoms with Crippen molar-refractivity contribution in [2.45, 2.75) is 19.3 Å². The molecule has 152 valence electrons. The van der Waals surface area contributed by atoms with Crippen LogP contribution in [0.1, 0.15) is 25.0 Å². The molecule has 2 heterocycles. The largest absolute Gasteiger partial charge is 0.294 e. The van der Waals surface area contributed by atoms with Gasteiger partial charge in [0.05, 0.1) is 11.0 Å². The minimum absolute atomic E-state index is 0.0616. The number of pyridine rings is 1. The molecule has 1 aliphatic rings. The number of hydrogen-bond acceptors (Lipinski definition) is 1. The molecule has 0 spiro atoms. The molecule has 1 aliphatic carbocycles. The van der Waals surface area contributed by atoms with E-state index < -0.39 is 0 Å². The average Bonchev–Trinajstić information content (AvgIpc) is 3.27. The molecule has 6 aromatic rings. The molecule has 2 nitrogen and oxygen atoms in total. The van der Waals surface area contributed by atoms with E-state index in [9.17, 15) is 0 Å². The maximum Gasteiger partial charge on any atom is 0.137 e. The standard InChI is InChI=1S/C30H22N2/c1-30(2)25-17-24-21-11-5-6-12-26(21)32(28-13-7-8-16-31-28)27(24)18-23(25)22-15-14-19-9-3-4-10-20(19)29(22)30/h3-18H,1-2H3. The van der Waals surface area contributed by atoms with Crippen LogP contribution in [0.15, 0.2) is 97.2 Å². The normalized spacial score (nSPS) is 14.2. The number of aromatic nitrogens is 2. The Kier molecular flexibility index (Phi) is 3.37. The van der Waals surface area contributed by atoms with Gasteiger partial charge >= 0.3 is 0 Å². The second kappa shape index (κ2) is 6.08. The van der Waals surface area contributed by atoms with Gasteiger partial charge < -0.3 is 0 Å². The van der Waals surface area contributed by atoms with E-state index in [4.69, 9.17) is 4.98 Å². The highest BCUT2D eigenvalue weighted by molar-refractivity contribution is 6.12. The Balaban J connectivity index is 1.64. The minimum atomic E-state index is -0.0616. The first-order valence-electron chi connectivity index (χ1n) is 11.2. The average molecular weight is 411 g/mol. The lowest BCUT2D eigenvalue weighted by molar-refractivity contribution is 0.667. The highest BCUT2D eigenvalue weighted by atomic mass is 15.1. The van der Waals surface area contributed by atoms with Gasteiger partial charge in [-0.05, 0) is 63.4 Å². The van der Waals surface area contributed by atoms with Crippen LogP contribution in [0.4, 0.5) is 0 Å². The van der Waals surface area contributed by atoms with E-state index in [0.29, 0.717) is 0 Å². The maximum atomic E-state index is 4.69. The van der Waals surface area contributed by atoms with Gasteiger partial charge in [0.2, 0.25) is 0 Å². The van der Waals surface area contributed by atoms with Crippen LogP contribution in [0.3, 0.4) is 0 Å². The molecule has 32 heavy (non-hydrogen) atoms. The van der Waals surface area contributed by atoms with Crippen molar-refractivity contribution in [1.82, 2.24) is 9.55 Å². The summed E-state index contributed by atoms with van der Waals surface area (Å²) in [5.41, 5.74) is 7.87. The van der Waals surface area contributed by atoms with Crippen molar-refractivity contribution >= 4 is 32.6 Å². The first-order chi connectivity index (χ1) is 15.6. The van der Waals surface area contributed by atoms with Crippen molar-refractivity contribution in [3.63, 3.8) is 0 Å². The van der Waals surface area contributed by atoms with E-state index >= 15 is 0 Å². The van der Waals surface area contributed by atoms with E-state index in [1.54, 1.807) is 0 Å². The van der Waals surface area contributed by atoms with Crippen molar-refractivity contribution in [3.05, 3.63) is 108 Å². The molecule has 7 rings (SSSR count). The molecule has 0 N–H and O–H groups in total. The second-order valence-corrected chi connectivity index (χ2v) is 9.29. The first-order valence-corrected chi connectivity index (χ1v) is 11.2. The number of fused-ring (bicyclic) bond motifs is 8. The Morgan fingerprint density at radius 2 is 1.44 bits per heavy atom. The van der Waals surface area contributed by atoms with Crippen molar-refractivity contribution in [1.29, 1.82) is 0 Å². The summed E-state index contributed by atoms with van der Waals surface area (Å²) in [6, 6.07) is 32.9. The number of para-hydroxylation sites is 1. The third-order valence-electron chi connectivity index (χ3n) is 7.21. The summed E-state index contributed by atoms with van der Waals surface area (Å²) >= 11 is 0. The number of rotatable bonds is 1. The lowest BCUT2D eigenvalue weighted by Gasteiger charge is -2.23. The van der Waals surface area contributed by atoms with E-state index in [1.165, 1.54) is 54.8 Å². The fraction of sp³-hybridized carbons (Fsp3) is 0.100. The molecular formula is C30H22N2. The van der Waals surface area contributed by atoms with E-state index in [1.807, 2.05) is 12.3 Å². The number of hydrogen-bond donors (Lipinski definition) is 0. The van der Waals surface area contributed by atoms with Crippen molar-refractivity contribution in [3.8, 4) is 16.9 Å². The van der Waals surface area contributed by atoms with Gasteiger partial charge in [0.1, 0.15) is 5.82 Å². The number of benzene rings is 4. The van der Waals surface area contributed by atoms with Gasteiger partial charge in [-0.3, -0.25) is 4.57 Å². The lowest BCUT2D eigenvalue weighted by Crippen LogP contribution is -2.15. The fourth-order valence-electron chi connectivity index (χ4n) is 5.79. The second-order valence-electron chi connectivity index (χ2n) is 9.29. The summed E-state index contributed by atoms with van der Waals surface area (Å²) < 4.78 is 2.30. The summed E-state index contributed by atoms with van der Waals surface area (Å²) in [6.45, 7) is 4.74. The molecule has 0 atom stereocenters. The maximum absolute atomic E-state index is 4.69. The molecule has 0 unspecified atom stereocenters. The molecule has 4 aromatic carbocycles. The summed E-state index contributed by atoms with van der Waals surface area (Å²) in [6.07, 6.45) is 1.87. The molecule has 0 aliphatic heterocycles. The zero-order chi connectivity index (χ0) is 21.4. The smallest absolute Gasteiger partial charge is 0.137 e. The first kappa shape index (κ1) is 17.7. The van der Waals surface area contributed by atoms with Gasteiger partial charge in [0.15, 0.2) is 0 Å². The van der Waals surface area contributed by atoms with E-state index in [2.05, 4.69) is 103 Å². The van der Waals surface area contributed by atoms with Gasteiger partial charge in [-0.25, -0.2) is 4.98 Å². The highest BCUT2D eigenvalue weighted by Gasteiger charge is 2.37. The molecule has 2 heteroatoms. The van der Waals surface area contributed by atoms with Gasteiger partial charge in [-0.2, -0.15) is 0 Å². The van der Waals surface area contributed by atoms with Gasteiger partial charge in [0, 0.05) is 22.4 Å². The number of nitrogens with zero attached hydrogens (tertiary/aromatic N) is 2. The molecule has 0 fully saturated rings. The molecular weight excluding hydrogens is 388 g/mol. The van der Waals surface area contributed by atoms with Gasteiger partial charge in [-0.15, -0.1) is 0 Å². The summed E-state index contributed by atoms with van der Waals surface area (Å²) in [7, 11) is 0. The molecule has 0 bridgehead atoms. The Morgan fingerprint density at radius 3 is 2.28 bits per heavy atom. The lowest BCUT2D eigenvalue weighted by atomic mass is 9.80. The van der Waals surface area contributed by atoms with Crippen LogP contribution in [-0.4, -0.2) is 9.55 Å².